The van der Waals surface area contributed by atoms with E-state index in [2.05, 4.69) is 9.55 Å². The Balaban J connectivity index is 2.26. The number of hydrogen-bond donors (Lipinski definition) is 0. The second kappa shape index (κ2) is 4.29. The first-order chi connectivity index (χ1) is 7.16. The lowest BCUT2D eigenvalue weighted by molar-refractivity contribution is 0.785. The molecule has 0 bridgehead atoms. The van der Waals surface area contributed by atoms with Crippen molar-refractivity contribution in [2.75, 3.05) is 0 Å². The Morgan fingerprint density at radius 1 is 1.40 bits per heavy atom. The highest BCUT2D eigenvalue weighted by atomic mass is 35.5. The van der Waals surface area contributed by atoms with Crippen LogP contribution in [0.15, 0.2) is 40.4 Å². The van der Waals surface area contributed by atoms with Crippen LogP contribution in [0.2, 0.25) is 5.02 Å². The first-order valence-electron chi connectivity index (χ1n) is 4.58. The number of hydrogen-bond acceptors (Lipinski definition) is 2. The van der Waals surface area contributed by atoms with E-state index in [9.17, 15) is 0 Å². The van der Waals surface area contributed by atoms with E-state index in [1.54, 1.807) is 11.8 Å². The predicted octanol–water partition coefficient (Wildman–Crippen LogP) is 3.53. The first kappa shape index (κ1) is 10.6. The highest BCUT2D eigenvalue weighted by molar-refractivity contribution is 7.99. The minimum Gasteiger partial charge on any atom is -0.326 e. The van der Waals surface area contributed by atoms with Gasteiger partial charge in [0, 0.05) is 17.0 Å². The highest BCUT2D eigenvalue weighted by Gasteiger charge is 2.04. The second-order valence-electron chi connectivity index (χ2n) is 3.26. The smallest absolute Gasteiger partial charge is 0.106 e. The predicted molar refractivity (Wildman–Crippen MR) is 63.5 cm³/mol. The molecule has 0 spiro atoms. The molecule has 0 aliphatic carbocycles. The van der Waals surface area contributed by atoms with Crippen LogP contribution >= 0.6 is 23.4 Å². The molecule has 1 aromatic carbocycles. The van der Waals surface area contributed by atoms with Gasteiger partial charge in [-0.05, 0) is 25.1 Å². The van der Waals surface area contributed by atoms with Crippen molar-refractivity contribution in [2.45, 2.75) is 16.8 Å². The monoisotopic (exact) mass is 238 g/mol. The molecule has 2 rings (SSSR count). The zero-order chi connectivity index (χ0) is 10.8. The minimum absolute atomic E-state index is 0.763. The number of nitrogens with zero attached hydrogens (tertiary/aromatic N) is 2. The van der Waals surface area contributed by atoms with Crippen molar-refractivity contribution in [1.82, 2.24) is 9.55 Å². The summed E-state index contributed by atoms with van der Waals surface area (Å²) in [6, 6.07) is 7.82. The van der Waals surface area contributed by atoms with E-state index in [0.717, 1.165) is 20.8 Å². The van der Waals surface area contributed by atoms with Crippen molar-refractivity contribution < 1.29 is 0 Å². The molecule has 0 aliphatic rings. The standard InChI is InChI=1S/C11H11ClN2S/c1-8-13-7-11(14(8)2)15-10-5-3-4-9(12)6-10/h3-7H,1-2H3. The van der Waals surface area contributed by atoms with E-state index < -0.39 is 0 Å². The van der Waals surface area contributed by atoms with Gasteiger partial charge in [-0.2, -0.15) is 0 Å². The van der Waals surface area contributed by atoms with Gasteiger partial charge < -0.3 is 4.57 Å². The lowest BCUT2D eigenvalue weighted by Gasteiger charge is -2.03. The van der Waals surface area contributed by atoms with Gasteiger partial charge in [-0.1, -0.05) is 29.4 Å². The van der Waals surface area contributed by atoms with E-state index in [-0.39, 0.29) is 0 Å². The van der Waals surface area contributed by atoms with Crippen molar-refractivity contribution in [3.05, 3.63) is 41.3 Å². The second-order valence-corrected chi connectivity index (χ2v) is 4.79. The Morgan fingerprint density at radius 2 is 2.20 bits per heavy atom. The molecule has 0 saturated heterocycles. The average Bonchev–Trinajstić information content (AvgIpc) is 2.50. The Kier molecular flexibility index (Phi) is 3.03. The number of rotatable bonds is 2. The molecule has 0 amide bonds. The summed E-state index contributed by atoms with van der Waals surface area (Å²) in [5.74, 6) is 1.01. The molecule has 2 aromatic rings. The Bertz CT molecular complexity index is 479. The van der Waals surface area contributed by atoms with Crippen LogP contribution in [0.4, 0.5) is 0 Å². The summed E-state index contributed by atoms with van der Waals surface area (Å²) in [7, 11) is 2.01. The Hall–Kier alpha value is -0.930. The van der Waals surface area contributed by atoms with Gasteiger partial charge in [0.15, 0.2) is 0 Å². The van der Waals surface area contributed by atoms with Gasteiger partial charge in [-0.3, -0.25) is 0 Å². The van der Waals surface area contributed by atoms with Gasteiger partial charge >= 0.3 is 0 Å². The third kappa shape index (κ3) is 2.36. The molecule has 15 heavy (non-hydrogen) atoms. The van der Waals surface area contributed by atoms with Crippen molar-refractivity contribution in [3.63, 3.8) is 0 Å². The van der Waals surface area contributed by atoms with Gasteiger partial charge in [0.25, 0.3) is 0 Å². The van der Waals surface area contributed by atoms with Gasteiger partial charge in [0.2, 0.25) is 0 Å². The number of aromatic nitrogens is 2. The van der Waals surface area contributed by atoms with Crippen LogP contribution < -0.4 is 0 Å². The zero-order valence-electron chi connectivity index (χ0n) is 8.57. The molecule has 4 heteroatoms. The fraction of sp³-hybridized carbons (Fsp3) is 0.182. The molecule has 0 atom stereocenters. The first-order valence-corrected chi connectivity index (χ1v) is 5.78. The van der Waals surface area contributed by atoms with Crippen molar-refractivity contribution in [2.24, 2.45) is 7.05 Å². The molecule has 1 heterocycles. The third-order valence-electron chi connectivity index (χ3n) is 2.20. The lowest BCUT2D eigenvalue weighted by atomic mass is 10.4. The summed E-state index contributed by atoms with van der Waals surface area (Å²) in [6.07, 6.45) is 1.88. The van der Waals surface area contributed by atoms with Crippen LogP contribution in [0.25, 0.3) is 0 Å². The van der Waals surface area contributed by atoms with Crippen LogP contribution in [-0.2, 0) is 7.05 Å². The molecule has 2 nitrogen and oxygen atoms in total. The molecule has 78 valence electrons. The highest BCUT2D eigenvalue weighted by Crippen LogP contribution is 2.29. The van der Waals surface area contributed by atoms with Crippen LogP contribution in [0.5, 0.6) is 0 Å². The largest absolute Gasteiger partial charge is 0.326 e. The van der Waals surface area contributed by atoms with Crippen molar-refractivity contribution in [3.8, 4) is 0 Å². The maximum atomic E-state index is 5.92. The summed E-state index contributed by atoms with van der Waals surface area (Å²) >= 11 is 7.59. The van der Waals surface area contributed by atoms with Crippen LogP contribution in [-0.4, -0.2) is 9.55 Å². The van der Waals surface area contributed by atoms with Gasteiger partial charge in [-0.25, -0.2) is 4.98 Å². The molecule has 0 unspecified atom stereocenters. The van der Waals surface area contributed by atoms with Gasteiger partial charge in [0.05, 0.1) is 11.2 Å². The summed E-state index contributed by atoms with van der Waals surface area (Å²) < 4.78 is 2.06. The summed E-state index contributed by atoms with van der Waals surface area (Å²) in [5, 5.41) is 1.88. The molecule has 0 N–H and O–H groups in total. The normalized spacial score (nSPS) is 10.6. The summed E-state index contributed by atoms with van der Waals surface area (Å²) in [4.78, 5) is 5.37. The van der Waals surface area contributed by atoms with Gasteiger partial charge in [-0.15, -0.1) is 0 Å². The van der Waals surface area contributed by atoms with E-state index in [4.69, 9.17) is 11.6 Å². The Morgan fingerprint density at radius 3 is 2.80 bits per heavy atom. The minimum atomic E-state index is 0.763. The lowest BCUT2D eigenvalue weighted by Crippen LogP contribution is -1.92. The van der Waals surface area contributed by atoms with Crippen molar-refractivity contribution in [1.29, 1.82) is 0 Å². The average molecular weight is 239 g/mol. The maximum absolute atomic E-state index is 5.92. The van der Waals surface area contributed by atoms with Gasteiger partial charge in [0.1, 0.15) is 5.82 Å². The van der Waals surface area contributed by atoms with E-state index >= 15 is 0 Å². The number of imidazole rings is 1. The molecule has 0 saturated carbocycles. The number of halogens is 1. The Labute approximate surface area is 98.3 Å². The molecule has 0 aliphatic heterocycles. The fourth-order valence-corrected chi connectivity index (χ4v) is 2.43. The van der Waals surface area contributed by atoms with Crippen LogP contribution in [0.1, 0.15) is 5.82 Å². The molecule has 1 aromatic heterocycles. The SMILES string of the molecule is Cc1ncc(Sc2cccc(Cl)c2)n1C. The van der Waals surface area contributed by atoms with Crippen molar-refractivity contribution >= 4 is 23.4 Å². The zero-order valence-corrected chi connectivity index (χ0v) is 10.1. The number of benzene rings is 1. The molecular weight excluding hydrogens is 228 g/mol. The summed E-state index contributed by atoms with van der Waals surface area (Å²) in [5.41, 5.74) is 0. The van der Waals surface area contributed by atoms with E-state index in [1.807, 2.05) is 44.4 Å². The van der Waals surface area contributed by atoms with Crippen LogP contribution in [0.3, 0.4) is 0 Å². The number of aryl methyl sites for hydroxylation is 1. The topological polar surface area (TPSA) is 17.8 Å². The van der Waals surface area contributed by atoms with Crippen LogP contribution in [0, 0.1) is 6.92 Å². The molecule has 0 radical (unpaired) electrons. The molecule has 0 fully saturated rings. The van der Waals surface area contributed by atoms with E-state index in [1.165, 1.54) is 0 Å². The van der Waals surface area contributed by atoms with E-state index in [0.29, 0.717) is 0 Å². The maximum Gasteiger partial charge on any atom is 0.106 e. The third-order valence-corrected chi connectivity index (χ3v) is 3.51. The molecular formula is C11H11ClN2S. The quantitative estimate of drug-likeness (QED) is 0.797. The fourth-order valence-electron chi connectivity index (χ4n) is 1.23. The summed E-state index contributed by atoms with van der Waals surface area (Å²) in [6.45, 7) is 1.99.